The van der Waals surface area contributed by atoms with Gasteiger partial charge in [-0.25, -0.2) is 0 Å². The van der Waals surface area contributed by atoms with Crippen LogP contribution in [0.2, 0.25) is 0 Å². The lowest BCUT2D eigenvalue weighted by molar-refractivity contribution is 0.0701. The van der Waals surface area contributed by atoms with Gasteiger partial charge in [-0.15, -0.1) is 0 Å². The van der Waals surface area contributed by atoms with E-state index in [1.165, 1.54) is 0 Å². The number of para-hydroxylation sites is 1. The number of hydrogen-bond donors (Lipinski definition) is 2. The quantitative estimate of drug-likeness (QED) is 0.711. The Morgan fingerprint density at radius 2 is 1.95 bits per heavy atom. The molecule has 0 aliphatic heterocycles. The van der Waals surface area contributed by atoms with Crippen LogP contribution in [0.3, 0.4) is 0 Å². The van der Waals surface area contributed by atoms with E-state index in [2.05, 4.69) is 42.0 Å². The first-order valence-corrected chi connectivity index (χ1v) is 7.57. The Hall–Kier alpha value is -0.620. The Kier molecular flexibility index (Phi) is 7.51. The van der Waals surface area contributed by atoms with Crippen LogP contribution in [0.1, 0.15) is 26.3 Å². The van der Waals surface area contributed by atoms with Crippen LogP contribution in [0.25, 0.3) is 0 Å². The van der Waals surface area contributed by atoms with Crippen molar-refractivity contribution in [3.8, 4) is 5.75 Å². The van der Waals surface area contributed by atoms with E-state index < -0.39 is 0 Å². The Morgan fingerprint density at radius 3 is 2.60 bits per heavy atom. The van der Waals surface area contributed by atoms with Crippen molar-refractivity contribution in [3.63, 3.8) is 0 Å². The van der Waals surface area contributed by atoms with Crippen LogP contribution in [0.4, 0.5) is 0 Å². The molecule has 0 radical (unpaired) electrons. The molecule has 1 aromatic carbocycles. The van der Waals surface area contributed by atoms with Crippen molar-refractivity contribution in [2.45, 2.75) is 32.9 Å². The summed E-state index contributed by atoms with van der Waals surface area (Å²) in [5.41, 5.74) is 1.17. The SMILES string of the molecule is CC(C)(C)NCc1cccc(Br)c1OCCOCCO. The van der Waals surface area contributed by atoms with Crippen LogP contribution in [0.5, 0.6) is 5.75 Å². The van der Waals surface area contributed by atoms with Crippen molar-refractivity contribution < 1.29 is 14.6 Å². The van der Waals surface area contributed by atoms with E-state index in [-0.39, 0.29) is 12.1 Å². The molecule has 0 aliphatic rings. The summed E-state index contributed by atoms with van der Waals surface area (Å²) in [6.07, 6.45) is 0. The highest BCUT2D eigenvalue weighted by Gasteiger charge is 2.12. The molecule has 1 rings (SSSR count). The minimum absolute atomic E-state index is 0.0375. The summed E-state index contributed by atoms with van der Waals surface area (Å²) >= 11 is 3.52. The summed E-state index contributed by atoms with van der Waals surface area (Å²) in [5.74, 6) is 0.844. The maximum Gasteiger partial charge on any atom is 0.138 e. The van der Waals surface area contributed by atoms with E-state index in [1.54, 1.807) is 0 Å². The predicted octanol–water partition coefficient (Wildman–Crippen LogP) is 2.72. The van der Waals surface area contributed by atoms with Crippen LogP contribution in [0, 0.1) is 0 Å². The van der Waals surface area contributed by atoms with Gasteiger partial charge in [-0.05, 0) is 42.8 Å². The van der Waals surface area contributed by atoms with Gasteiger partial charge in [0, 0.05) is 17.6 Å². The number of aliphatic hydroxyl groups excluding tert-OH is 1. The number of nitrogens with one attached hydrogen (secondary N) is 1. The summed E-state index contributed by atoms with van der Waals surface area (Å²) in [6.45, 7) is 8.46. The van der Waals surface area contributed by atoms with Crippen molar-refractivity contribution in [1.82, 2.24) is 5.32 Å². The molecule has 0 fully saturated rings. The first-order valence-electron chi connectivity index (χ1n) is 6.78. The molecular formula is C15H24BrNO3. The lowest BCUT2D eigenvalue weighted by atomic mass is 10.1. The third-order valence-electron chi connectivity index (χ3n) is 2.57. The van der Waals surface area contributed by atoms with Gasteiger partial charge in [0.25, 0.3) is 0 Å². The second kappa shape index (κ2) is 8.62. The summed E-state index contributed by atoms with van der Waals surface area (Å²) in [7, 11) is 0. The molecule has 0 aromatic heterocycles. The smallest absolute Gasteiger partial charge is 0.138 e. The molecule has 0 heterocycles. The number of hydrogen-bond acceptors (Lipinski definition) is 4. The normalized spacial score (nSPS) is 11.7. The highest BCUT2D eigenvalue weighted by Crippen LogP contribution is 2.29. The van der Waals surface area contributed by atoms with E-state index in [0.717, 1.165) is 22.3 Å². The number of ether oxygens (including phenoxy) is 2. The average Bonchev–Trinajstić information content (AvgIpc) is 2.37. The molecule has 5 heteroatoms. The number of rotatable bonds is 8. The fourth-order valence-electron chi connectivity index (χ4n) is 1.58. The molecule has 0 aliphatic carbocycles. The average molecular weight is 346 g/mol. The largest absolute Gasteiger partial charge is 0.490 e. The van der Waals surface area contributed by atoms with Gasteiger partial charge in [0.05, 0.1) is 24.3 Å². The summed E-state index contributed by atoms with van der Waals surface area (Å²) in [4.78, 5) is 0. The Balaban J connectivity index is 2.59. The summed E-state index contributed by atoms with van der Waals surface area (Å²) in [6, 6.07) is 6.01. The summed E-state index contributed by atoms with van der Waals surface area (Å²) in [5, 5.41) is 12.1. The zero-order valence-corrected chi connectivity index (χ0v) is 14.0. The van der Waals surface area contributed by atoms with Gasteiger partial charge < -0.3 is 19.9 Å². The fourth-order valence-corrected chi connectivity index (χ4v) is 2.11. The van der Waals surface area contributed by atoms with Gasteiger partial charge in [0.2, 0.25) is 0 Å². The molecule has 114 valence electrons. The molecule has 0 bridgehead atoms. The van der Waals surface area contributed by atoms with Gasteiger partial charge in [-0.2, -0.15) is 0 Å². The highest BCUT2D eigenvalue weighted by atomic mass is 79.9. The molecule has 20 heavy (non-hydrogen) atoms. The van der Waals surface area contributed by atoms with Crippen LogP contribution in [-0.2, 0) is 11.3 Å². The van der Waals surface area contributed by atoms with Crippen molar-refractivity contribution in [1.29, 1.82) is 0 Å². The Labute approximate surface area is 129 Å². The Bertz CT molecular complexity index is 405. The van der Waals surface area contributed by atoms with Gasteiger partial charge in [-0.1, -0.05) is 12.1 Å². The number of benzene rings is 1. The first kappa shape index (κ1) is 17.4. The van der Waals surface area contributed by atoms with Crippen molar-refractivity contribution >= 4 is 15.9 Å². The molecule has 0 saturated heterocycles. The number of halogens is 1. The maximum atomic E-state index is 8.64. The zero-order chi connectivity index (χ0) is 15.0. The van der Waals surface area contributed by atoms with Gasteiger partial charge >= 0.3 is 0 Å². The second-order valence-corrected chi connectivity index (χ2v) is 6.37. The maximum absolute atomic E-state index is 8.64. The van der Waals surface area contributed by atoms with Crippen molar-refractivity contribution in [2.24, 2.45) is 0 Å². The molecule has 0 spiro atoms. The molecule has 2 N–H and O–H groups in total. The lowest BCUT2D eigenvalue weighted by Crippen LogP contribution is -2.35. The van der Waals surface area contributed by atoms with Crippen molar-refractivity contribution in [3.05, 3.63) is 28.2 Å². The Morgan fingerprint density at radius 1 is 1.20 bits per heavy atom. The molecule has 0 atom stereocenters. The molecule has 0 amide bonds. The van der Waals surface area contributed by atoms with Crippen LogP contribution in [-0.4, -0.2) is 37.1 Å². The van der Waals surface area contributed by atoms with Gasteiger partial charge in [-0.3, -0.25) is 0 Å². The van der Waals surface area contributed by atoms with Crippen LogP contribution in [0.15, 0.2) is 22.7 Å². The first-order chi connectivity index (χ1) is 9.44. The fraction of sp³-hybridized carbons (Fsp3) is 0.600. The minimum Gasteiger partial charge on any atom is -0.490 e. The van der Waals surface area contributed by atoms with Gasteiger partial charge in [0.15, 0.2) is 0 Å². The molecular weight excluding hydrogens is 322 g/mol. The van der Waals surface area contributed by atoms with E-state index in [4.69, 9.17) is 14.6 Å². The monoisotopic (exact) mass is 345 g/mol. The summed E-state index contributed by atoms with van der Waals surface area (Å²) < 4.78 is 11.9. The van der Waals surface area contributed by atoms with E-state index in [0.29, 0.717) is 19.8 Å². The van der Waals surface area contributed by atoms with Crippen LogP contribution >= 0.6 is 15.9 Å². The minimum atomic E-state index is 0.0375. The predicted molar refractivity (Wildman–Crippen MR) is 84.1 cm³/mol. The molecule has 1 aromatic rings. The standard InChI is InChI=1S/C15H24BrNO3/c1-15(2,3)17-11-12-5-4-6-13(16)14(12)20-10-9-19-8-7-18/h4-6,17-18H,7-11H2,1-3H3. The van der Waals surface area contributed by atoms with Crippen molar-refractivity contribution in [2.75, 3.05) is 26.4 Å². The molecule has 4 nitrogen and oxygen atoms in total. The van der Waals surface area contributed by atoms with E-state index >= 15 is 0 Å². The third-order valence-corrected chi connectivity index (χ3v) is 3.19. The zero-order valence-electron chi connectivity index (χ0n) is 12.4. The molecule has 0 saturated carbocycles. The van der Waals surface area contributed by atoms with E-state index in [1.807, 2.05) is 18.2 Å². The third kappa shape index (κ3) is 6.70. The van der Waals surface area contributed by atoms with E-state index in [9.17, 15) is 0 Å². The lowest BCUT2D eigenvalue weighted by Gasteiger charge is -2.22. The highest BCUT2D eigenvalue weighted by molar-refractivity contribution is 9.10. The second-order valence-electron chi connectivity index (χ2n) is 5.52. The molecule has 0 unspecified atom stereocenters. The number of aliphatic hydroxyl groups is 1. The van der Waals surface area contributed by atoms with Gasteiger partial charge in [0.1, 0.15) is 12.4 Å². The van der Waals surface area contributed by atoms with Crippen LogP contribution < -0.4 is 10.1 Å². The topological polar surface area (TPSA) is 50.7 Å².